The fraction of sp³-hybridized carbons (Fsp3) is 0.421. The third-order valence-corrected chi connectivity index (χ3v) is 7.79. The van der Waals surface area contributed by atoms with Crippen molar-refractivity contribution in [2.75, 3.05) is 28.2 Å². The van der Waals surface area contributed by atoms with Crippen LogP contribution in [0.15, 0.2) is 84.9 Å². The molecule has 0 bridgehead atoms. The number of rotatable bonds is 13. The van der Waals surface area contributed by atoms with E-state index in [0.717, 1.165) is 21.9 Å². The number of hydrogen-bond acceptors (Lipinski definition) is 6. The van der Waals surface area contributed by atoms with Gasteiger partial charge in [0.2, 0.25) is 11.8 Å². The number of alkyl carbamates (subject to hydrolysis) is 1. The van der Waals surface area contributed by atoms with E-state index in [1.165, 1.54) is 15.9 Å². The van der Waals surface area contributed by atoms with E-state index in [9.17, 15) is 19.2 Å². The maximum Gasteiger partial charge on any atom is 0.408 e. The van der Waals surface area contributed by atoms with Crippen LogP contribution in [0.2, 0.25) is 0 Å². The van der Waals surface area contributed by atoms with Gasteiger partial charge >= 0.3 is 6.09 Å². The van der Waals surface area contributed by atoms with Crippen LogP contribution < -0.4 is 10.7 Å². The van der Waals surface area contributed by atoms with Gasteiger partial charge in [0, 0.05) is 46.6 Å². The molecule has 2 atom stereocenters. The van der Waals surface area contributed by atoms with Crippen molar-refractivity contribution in [3.63, 3.8) is 0 Å². The molecule has 1 unspecified atom stereocenters. The molecule has 3 aromatic rings. The third kappa shape index (κ3) is 11.5. The fourth-order valence-electron chi connectivity index (χ4n) is 5.26. The van der Waals surface area contributed by atoms with E-state index < -0.39 is 29.3 Å². The summed E-state index contributed by atoms with van der Waals surface area (Å²) in [6, 6.07) is 21.7. The van der Waals surface area contributed by atoms with E-state index in [-0.39, 0.29) is 24.1 Å². The molecule has 0 aromatic heterocycles. The van der Waals surface area contributed by atoms with E-state index in [0.29, 0.717) is 12.8 Å². The van der Waals surface area contributed by atoms with Gasteiger partial charge in [-0.05, 0) is 69.0 Å². The van der Waals surface area contributed by atoms with Crippen LogP contribution in [0, 0.1) is 0 Å². The molecule has 0 aliphatic rings. The first kappa shape index (κ1) is 37.8. The van der Waals surface area contributed by atoms with Crippen molar-refractivity contribution in [2.45, 2.75) is 77.1 Å². The first-order valence-corrected chi connectivity index (χ1v) is 16.2. The summed E-state index contributed by atoms with van der Waals surface area (Å²) in [5, 5.41) is 6.47. The average molecular weight is 658 g/mol. The lowest BCUT2D eigenvalue weighted by molar-refractivity contribution is -0.147. The van der Waals surface area contributed by atoms with Gasteiger partial charge in [-0.3, -0.25) is 19.8 Å². The largest absolute Gasteiger partial charge is 0.444 e. The highest BCUT2D eigenvalue weighted by atomic mass is 16.6. The zero-order chi connectivity index (χ0) is 35.6. The lowest BCUT2D eigenvalue weighted by Gasteiger charge is -2.34. The number of ether oxygens (including phenoxy) is 1. The predicted octanol–water partition coefficient (Wildman–Crippen LogP) is 5.12. The van der Waals surface area contributed by atoms with Crippen molar-refractivity contribution in [1.82, 2.24) is 25.6 Å². The molecule has 0 aliphatic heterocycles. The van der Waals surface area contributed by atoms with Crippen LogP contribution >= 0.6 is 0 Å². The molecule has 4 amide bonds. The van der Waals surface area contributed by atoms with Gasteiger partial charge < -0.3 is 19.9 Å². The summed E-state index contributed by atoms with van der Waals surface area (Å²) in [6.07, 6.45) is 3.43. The molecule has 3 rings (SSSR count). The summed E-state index contributed by atoms with van der Waals surface area (Å²) in [7, 11) is 6.63. The number of hydrogen-bond donors (Lipinski definition) is 2. The molecule has 0 radical (unpaired) electrons. The van der Waals surface area contributed by atoms with E-state index in [1.54, 1.807) is 60.0 Å². The zero-order valence-corrected chi connectivity index (χ0v) is 29.7. The van der Waals surface area contributed by atoms with Crippen LogP contribution in [0.1, 0.15) is 52.2 Å². The number of benzene rings is 3. The number of carbonyl (C=O) groups excluding carboxylic acids is 4. The Kier molecular flexibility index (Phi) is 12.9. The molecule has 0 spiro atoms. The van der Waals surface area contributed by atoms with Crippen LogP contribution in [0.4, 0.5) is 4.79 Å². The Labute approximate surface area is 285 Å². The van der Waals surface area contributed by atoms with Crippen LogP contribution in [0.5, 0.6) is 0 Å². The molecule has 0 saturated carbocycles. The molecule has 258 valence electrons. The van der Waals surface area contributed by atoms with Crippen molar-refractivity contribution in [1.29, 1.82) is 0 Å². The van der Waals surface area contributed by atoms with Gasteiger partial charge in [-0.2, -0.15) is 0 Å². The minimum absolute atomic E-state index is 0.239. The second-order valence-electron chi connectivity index (χ2n) is 14.0. The molecule has 0 heterocycles. The minimum atomic E-state index is -0.911. The Balaban J connectivity index is 1.89. The van der Waals surface area contributed by atoms with Crippen molar-refractivity contribution in [3.05, 3.63) is 96.1 Å². The summed E-state index contributed by atoms with van der Waals surface area (Å²) >= 11 is 0. The van der Waals surface area contributed by atoms with E-state index in [4.69, 9.17) is 4.74 Å². The second-order valence-corrected chi connectivity index (χ2v) is 14.0. The Morgan fingerprint density at radius 3 is 1.98 bits per heavy atom. The number of nitrogens with zero attached hydrogens (tertiary/aromatic N) is 3. The molecule has 10 heteroatoms. The van der Waals surface area contributed by atoms with Gasteiger partial charge in [0.25, 0.3) is 5.91 Å². The summed E-state index contributed by atoms with van der Waals surface area (Å²) in [6.45, 7) is 9.04. The van der Waals surface area contributed by atoms with Gasteiger partial charge in [0.15, 0.2) is 0 Å². The molecule has 0 aliphatic carbocycles. The molecule has 0 saturated heterocycles. The Hall–Kier alpha value is -4.70. The van der Waals surface area contributed by atoms with Crippen molar-refractivity contribution in [2.24, 2.45) is 0 Å². The Morgan fingerprint density at radius 1 is 0.750 bits per heavy atom. The zero-order valence-electron chi connectivity index (χ0n) is 29.7. The third-order valence-electron chi connectivity index (χ3n) is 7.79. The van der Waals surface area contributed by atoms with Crippen molar-refractivity contribution < 1.29 is 23.9 Å². The van der Waals surface area contributed by atoms with Crippen LogP contribution in [0.3, 0.4) is 0 Å². The average Bonchev–Trinajstić information content (AvgIpc) is 3.00. The van der Waals surface area contributed by atoms with E-state index in [1.807, 2.05) is 86.6 Å². The minimum Gasteiger partial charge on any atom is -0.444 e. The van der Waals surface area contributed by atoms with Gasteiger partial charge in [-0.25, -0.2) is 9.80 Å². The van der Waals surface area contributed by atoms with Crippen molar-refractivity contribution >= 4 is 34.6 Å². The molecule has 10 nitrogen and oxygen atoms in total. The Morgan fingerprint density at radius 2 is 1.35 bits per heavy atom. The van der Waals surface area contributed by atoms with Crippen LogP contribution in [-0.2, 0) is 32.0 Å². The van der Waals surface area contributed by atoms with E-state index >= 15 is 0 Å². The normalized spacial score (nSPS) is 13.2. The summed E-state index contributed by atoms with van der Waals surface area (Å²) in [5.41, 5.74) is 3.25. The number of hydrazine groups is 1. The molecular formula is C38H51N5O5. The Bertz CT molecular complexity index is 1600. The van der Waals surface area contributed by atoms with Crippen LogP contribution in [-0.4, -0.2) is 90.0 Å². The van der Waals surface area contributed by atoms with Gasteiger partial charge in [-0.1, -0.05) is 78.9 Å². The second kappa shape index (κ2) is 16.4. The smallest absolute Gasteiger partial charge is 0.408 e. The highest BCUT2D eigenvalue weighted by Gasteiger charge is 2.35. The number of carbonyl (C=O) groups is 4. The number of amides is 4. The van der Waals surface area contributed by atoms with Gasteiger partial charge in [-0.15, -0.1) is 0 Å². The molecular weight excluding hydrogens is 606 g/mol. The monoisotopic (exact) mass is 657 g/mol. The standard InChI is InChI=1S/C38H51N5O5/c1-37(2,3)48-36(47)39-38(4,5)23-15-20-33(44)42(8)32(26-28-21-22-29-18-13-14-19-30(29)24-28)35(46)43(9)31(34(45)40-41(6)7)25-27-16-11-10-12-17-27/h10-22,24,31-32H,23,25-26H2,1-9H3,(H,39,47)(H,40,45)/b20-15+/t31?,32-/m1/s1. The summed E-state index contributed by atoms with van der Waals surface area (Å²) < 4.78 is 5.37. The highest BCUT2D eigenvalue weighted by molar-refractivity contribution is 5.95. The predicted molar refractivity (Wildman–Crippen MR) is 190 cm³/mol. The first-order chi connectivity index (χ1) is 22.5. The fourth-order valence-corrected chi connectivity index (χ4v) is 5.26. The summed E-state index contributed by atoms with van der Waals surface area (Å²) in [5.74, 6) is -1.08. The maximum absolute atomic E-state index is 14.4. The van der Waals surface area contributed by atoms with Crippen molar-refractivity contribution in [3.8, 4) is 0 Å². The number of fused-ring (bicyclic) bond motifs is 1. The first-order valence-electron chi connectivity index (χ1n) is 16.2. The van der Waals surface area contributed by atoms with E-state index in [2.05, 4.69) is 10.7 Å². The maximum atomic E-state index is 14.4. The topological polar surface area (TPSA) is 111 Å². The number of likely N-dealkylation sites (N-methyl/N-ethyl adjacent to an activating group) is 2. The quantitative estimate of drug-likeness (QED) is 0.195. The lowest BCUT2D eigenvalue weighted by atomic mass is 9.98. The highest BCUT2D eigenvalue weighted by Crippen LogP contribution is 2.20. The molecule has 48 heavy (non-hydrogen) atoms. The summed E-state index contributed by atoms with van der Waals surface area (Å²) in [4.78, 5) is 56.7. The van der Waals surface area contributed by atoms with Gasteiger partial charge in [0.05, 0.1) is 0 Å². The molecule has 0 fully saturated rings. The molecule has 2 N–H and O–H groups in total. The molecule has 3 aromatic carbocycles. The van der Waals surface area contributed by atoms with Gasteiger partial charge in [0.1, 0.15) is 17.7 Å². The number of nitrogens with one attached hydrogen (secondary N) is 2. The lowest BCUT2D eigenvalue weighted by Crippen LogP contribution is -2.57. The SMILES string of the molecule is CN(C)NC(=O)C(Cc1ccccc1)N(C)C(=O)[C@@H](Cc1ccc2ccccc2c1)N(C)C(=O)/C=C/CC(C)(C)NC(=O)OC(C)(C)C. The van der Waals surface area contributed by atoms with Crippen LogP contribution in [0.25, 0.3) is 10.8 Å².